The molecule has 1 nitrogen and oxygen atoms in total. The first-order chi connectivity index (χ1) is 5.83. The molecule has 0 aliphatic carbocycles. The molecule has 0 aromatic rings. The van der Waals surface area contributed by atoms with Crippen LogP contribution < -0.4 is 0 Å². The van der Waals surface area contributed by atoms with E-state index in [1.807, 2.05) is 0 Å². The standard InChI is InChI=1S/C7H15.C4H10O.Sm/c1-3-5-7-6-4-2;1-2-3-4-5;/h1,3-7H2,2H3;5H,2-4H2,1H3;/q-1;;. The van der Waals surface area contributed by atoms with E-state index >= 15 is 0 Å². The van der Waals surface area contributed by atoms with Crippen molar-refractivity contribution in [2.75, 3.05) is 6.61 Å². The molecule has 0 rings (SSSR count). The summed E-state index contributed by atoms with van der Waals surface area (Å²) in [6, 6.07) is 0. The van der Waals surface area contributed by atoms with Gasteiger partial charge in [-0.25, -0.2) is 0 Å². The van der Waals surface area contributed by atoms with E-state index in [2.05, 4.69) is 20.8 Å². The van der Waals surface area contributed by atoms with Crippen molar-refractivity contribution in [2.24, 2.45) is 0 Å². The molecule has 0 aliphatic rings. The molecule has 0 amide bonds. The molecule has 1 N–H and O–H groups in total. The molecule has 0 aromatic heterocycles. The third-order valence-corrected chi connectivity index (χ3v) is 1.62. The zero-order valence-electron chi connectivity index (χ0n) is 9.22. The molecule has 0 radical (unpaired) electrons. The summed E-state index contributed by atoms with van der Waals surface area (Å²) in [7, 11) is 0. The Bertz CT molecular complexity index is 52.1. The average Bonchev–Trinajstić information content (AvgIpc) is 2.08. The van der Waals surface area contributed by atoms with E-state index in [4.69, 9.17) is 5.11 Å². The molecule has 82 valence electrons. The zero-order valence-corrected chi connectivity index (χ0v) is 11.8. The van der Waals surface area contributed by atoms with Crippen LogP contribution in [0, 0.1) is 47.3 Å². The molecule has 0 saturated heterocycles. The van der Waals surface area contributed by atoms with E-state index in [0.717, 1.165) is 19.3 Å². The molecule has 0 unspecified atom stereocenters. The van der Waals surface area contributed by atoms with Crippen molar-refractivity contribution in [1.29, 1.82) is 0 Å². The van der Waals surface area contributed by atoms with Crippen LogP contribution in [-0.2, 0) is 0 Å². The Balaban J connectivity index is -0.000000150. The van der Waals surface area contributed by atoms with E-state index in [9.17, 15) is 0 Å². The first-order valence-electron chi connectivity index (χ1n) is 5.23. The second-order valence-corrected chi connectivity index (χ2v) is 2.99. The molecule has 2 heteroatoms. The van der Waals surface area contributed by atoms with Crippen molar-refractivity contribution in [1.82, 2.24) is 0 Å². The summed E-state index contributed by atoms with van der Waals surface area (Å²) in [5.41, 5.74) is 0. The summed E-state index contributed by atoms with van der Waals surface area (Å²) in [4.78, 5) is 0. The minimum Gasteiger partial charge on any atom is -0.396 e. The number of hydrogen-bond donors (Lipinski definition) is 1. The smallest absolute Gasteiger partial charge is 0.0430 e. The zero-order chi connectivity index (χ0) is 9.66. The van der Waals surface area contributed by atoms with Gasteiger partial charge in [0.1, 0.15) is 0 Å². The summed E-state index contributed by atoms with van der Waals surface area (Å²) in [5, 5.41) is 8.07. The first-order valence-corrected chi connectivity index (χ1v) is 5.23. The van der Waals surface area contributed by atoms with Gasteiger partial charge in [-0.3, -0.25) is 0 Å². The van der Waals surface area contributed by atoms with Crippen molar-refractivity contribution in [3.63, 3.8) is 0 Å². The molecule has 0 fully saturated rings. The predicted molar refractivity (Wildman–Crippen MR) is 56.1 cm³/mol. The van der Waals surface area contributed by atoms with Crippen LogP contribution in [0.3, 0.4) is 0 Å². The van der Waals surface area contributed by atoms with Crippen molar-refractivity contribution in [3.8, 4) is 0 Å². The van der Waals surface area contributed by atoms with Crippen LogP contribution in [0.15, 0.2) is 0 Å². The summed E-state index contributed by atoms with van der Waals surface area (Å²) in [5.74, 6) is 0. The molecule has 0 spiro atoms. The molecule has 0 aromatic carbocycles. The summed E-state index contributed by atoms with van der Waals surface area (Å²) in [6.07, 6.45) is 8.56. The second-order valence-electron chi connectivity index (χ2n) is 2.99. The maximum Gasteiger partial charge on any atom is 0.0430 e. The number of rotatable bonds is 6. The fourth-order valence-electron chi connectivity index (χ4n) is 0.762. The van der Waals surface area contributed by atoms with Gasteiger partial charge in [0.2, 0.25) is 0 Å². The molecular formula is C11H25OSm-. The van der Waals surface area contributed by atoms with Crippen LogP contribution in [0.1, 0.15) is 58.8 Å². The fourth-order valence-corrected chi connectivity index (χ4v) is 0.762. The Morgan fingerprint density at radius 3 is 1.69 bits per heavy atom. The van der Waals surface area contributed by atoms with E-state index in [1.54, 1.807) is 0 Å². The third-order valence-electron chi connectivity index (χ3n) is 1.62. The molecule has 0 atom stereocenters. The summed E-state index contributed by atoms with van der Waals surface area (Å²) in [6.45, 7) is 8.38. The fraction of sp³-hybridized carbons (Fsp3) is 0.909. The Labute approximate surface area is 117 Å². The molecule has 13 heavy (non-hydrogen) atoms. The van der Waals surface area contributed by atoms with Gasteiger partial charge in [-0.1, -0.05) is 46.0 Å². The largest absolute Gasteiger partial charge is 0.396 e. The van der Waals surface area contributed by atoms with Crippen LogP contribution in [0.5, 0.6) is 0 Å². The molecule has 0 bridgehead atoms. The Morgan fingerprint density at radius 1 is 0.923 bits per heavy atom. The van der Waals surface area contributed by atoms with E-state index in [0.29, 0.717) is 6.61 Å². The minimum absolute atomic E-state index is 0. The second kappa shape index (κ2) is 23.3. The SMILES string of the molecule is CCCCO.[CH2-]CCCCCC.[Sm]. The van der Waals surface area contributed by atoms with Crippen LogP contribution >= 0.6 is 0 Å². The third kappa shape index (κ3) is 31.9. The van der Waals surface area contributed by atoms with E-state index in [1.165, 1.54) is 25.7 Å². The van der Waals surface area contributed by atoms with Gasteiger partial charge >= 0.3 is 0 Å². The maximum absolute atomic E-state index is 8.07. The topological polar surface area (TPSA) is 20.2 Å². The van der Waals surface area contributed by atoms with Crippen LogP contribution in [0.2, 0.25) is 0 Å². The Morgan fingerprint density at radius 2 is 1.46 bits per heavy atom. The van der Waals surface area contributed by atoms with Gasteiger partial charge in [-0.15, -0.1) is 0 Å². The Hall–Kier alpha value is 1.30. The molecule has 0 saturated carbocycles. The van der Waals surface area contributed by atoms with Gasteiger partial charge in [0.25, 0.3) is 0 Å². The van der Waals surface area contributed by atoms with E-state index < -0.39 is 0 Å². The van der Waals surface area contributed by atoms with Gasteiger partial charge in [0.05, 0.1) is 0 Å². The normalized spacial score (nSPS) is 8.31. The number of unbranched alkanes of at least 4 members (excludes halogenated alkanes) is 5. The summed E-state index contributed by atoms with van der Waals surface area (Å²) < 4.78 is 0. The molecular weight excluding hydrogens is 298 g/mol. The maximum atomic E-state index is 8.07. The van der Waals surface area contributed by atoms with Crippen molar-refractivity contribution >= 4 is 0 Å². The Kier molecular flexibility index (Phi) is 35.4. The minimum atomic E-state index is 0. The van der Waals surface area contributed by atoms with Gasteiger partial charge < -0.3 is 12.0 Å². The van der Waals surface area contributed by atoms with Gasteiger partial charge in [0.15, 0.2) is 0 Å². The quantitative estimate of drug-likeness (QED) is 0.585. The summed E-state index contributed by atoms with van der Waals surface area (Å²) >= 11 is 0. The first kappa shape index (κ1) is 19.8. The van der Waals surface area contributed by atoms with Crippen molar-refractivity contribution in [2.45, 2.75) is 58.8 Å². The van der Waals surface area contributed by atoms with Crippen LogP contribution in [0.4, 0.5) is 0 Å². The molecule has 0 heterocycles. The monoisotopic (exact) mass is 325 g/mol. The van der Waals surface area contributed by atoms with E-state index in [-0.39, 0.29) is 40.4 Å². The van der Waals surface area contributed by atoms with Crippen molar-refractivity contribution < 1.29 is 45.5 Å². The molecule has 0 aliphatic heterocycles. The number of aliphatic hydroxyl groups is 1. The average molecular weight is 324 g/mol. The number of hydrogen-bond acceptors (Lipinski definition) is 1. The predicted octanol–water partition coefficient (Wildman–Crippen LogP) is 3.57. The van der Waals surface area contributed by atoms with Gasteiger partial charge in [0, 0.05) is 47.0 Å². The van der Waals surface area contributed by atoms with Crippen molar-refractivity contribution in [3.05, 3.63) is 6.92 Å². The van der Waals surface area contributed by atoms with Crippen LogP contribution in [-0.4, -0.2) is 11.7 Å². The van der Waals surface area contributed by atoms with Gasteiger partial charge in [-0.05, 0) is 6.42 Å². The van der Waals surface area contributed by atoms with Gasteiger partial charge in [-0.2, -0.15) is 6.42 Å². The van der Waals surface area contributed by atoms with Crippen LogP contribution in [0.25, 0.3) is 0 Å². The number of aliphatic hydroxyl groups excluding tert-OH is 1.